The smallest absolute Gasteiger partial charge is 0.279 e. The van der Waals surface area contributed by atoms with Crippen molar-refractivity contribution in [1.29, 1.82) is 0 Å². The summed E-state index contributed by atoms with van der Waals surface area (Å²) in [6.07, 6.45) is -0.921. The Morgan fingerprint density at radius 1 is 0.926 bits per heavy atom. The van der Waals surface area contributed by atoms with Crippen LogP contribution in [0.4, 0.5) is 0 Å². The van der Waals surface area contributed by atoms with Crippen molar-refractivity contribution in [3.05, 3.63) is 56.5 Å². The van der Waals surface area contributed by atoms with Gasteiger partial charge in [0.1, 0.15) is 11.5 Å². The summed E-state index contributed by atoms with van der Waals surface area (Å²) in [6, 6.07) is 9.19. The minimum absolute atomic E-state index is 0.263. The highest BCUT2D eigenvalue weighted by Gasteiger charge is 2.17. The topological polar surface area (TPSA) is 76.7 Å². The molecule has 27 heavy (non-hydrogen) atoms. The molecule has 144 valence electrons. The number of carbonyl (C=O) groups excluding carboxylic acids is 2. The highest BCUT2D eigenvalue weighted by atomic mass is 35.5. The Bertz CT molecular complexity index is 848. The van der Waals surface area contributed by atoms with Gasteiger partial charge >= 0.3 is 0 Å². The Balaban J connectivity index is 1.79. The highest BCUT2D eigenvalue weighted by molar-refractivity contribution is 6.36. The monoisotopic (exact) mass is 450 g/mol. The predicted octanol–water partition coefficient (Wildman–Crippen LogP) is 4.29. The van der Waals surface area contributed by atoms with Gasteiger partial charge in [0.2, 0.25) is 0 Å². The molecule has 1 atom stereocenters. The second kappa shape index (κ2) is 9.90. The number of ether oxygens (including phenoxy) is 2. The molecule has 2 aromatic rings. The lowest BCUT2D eigenvalue weighted by Gasteiger charge is -2.16. The van der Waals surface area contributed by atoms with Gasteiger partial charge in [-0.3, -0.25) is 20.4 Å². The van der Waals surface area contributed by atoms with Crippen molar-refractivity contribution in [3.63, 3.8) is 0 Å². The molecule has 6 nitrogen and oxygen atoms in total. The molecule has 0 radical (unpaired) electrons. The van der Waals surface area contributed by atoms with Gasteiger partial charge in [-0.05, 0) is 43.3 Å². The van der Waals surface area contributed by atoms with Gasteiger partial charge in [0, 0.05) is 10.0 Å². The zero-order chi connectivity index (χ0) is 20.0. The predicted molar refractivity (Wildman–Crippen MR) is 105 cm³/mol. The second-order valence-electron chi connectivity index (χ2n) is 5.24. The molecule has 2 amide bonds. The van der Waals surface area contributed by atoms with Crippen molar-refractivity contribution in [2.45, 2.75) is 13.0 Å². The standard InChI is InChI=1S/C17H14Cl4N2O4/c1-9(27-15-5-3-11(19)7-13(15)21)17(25)23-22-16(24)8-26-14-4-2-10(18)6-12(14)20/h2-7,9H,8H2,1H3,(H,22,24)(H,23,25)/t9-/m0/s1. The third-order valence-corrected chi connectivity index (χ3v) is 4.21. The highest BCUT2D eigenvalue weighted by Crippen LogP contribution is 2.28. The van der Waals surface area contributed by atoms with Gasteiger partial charge in [0.05, 0.1) is 10.0 Å². The summed E-state index contributed by atoms with van der Waals surface area (Å²) in [5.41, 5.74) is 4.43. The van der Waals surface area contributed by atoms with Crippen LogP contribution in [0.2, 0.25) is 20.1 Å². The molecule has 0 fully saturated rings. The summed E-state index contributed by atoms with van der Waals surface area (Å²) < 4.78 is 10.7. The first-order valence-corrected chi connectivity index (χ1v) is 9.05. The SMILES string of the molecule is C[C@H](Oc1ccc(Cl)cc1Cl)C(=O)NNC(=O)COc1ccc(Cl)cc1Cl. The Labute approximate surface area is 175 Å². The molecule has 10 heteroatoms. The largest absolute Gasteiger partial charge is 0.482 e. The van der Waals surface area contributed by atoms with Crippen LogP contribution in [0.5, 0.6) is 11.5 Å². The lowest BCUT2D eigenvalue weighted by Crippen LogP contribution is -2.48. The molecule has 0 bridgehead atoms. The summed E-state index contributed by atoms with van der Waals surface area (Å²) in [4.78, 5) is 23.8. The maximum Gasteiger partial charge on any atom is 0.279 e. The van der Waals surface area contributed by atoms with Crippen LogP contribution in [0, 0.1) is 0 Å². The molecule has 2 rings (SSSR count). The third kappa shape index (κ3) is 6.66. The van der Waals surface area contributed by atoms with E-state index >= 15 is 0 Å². The van der Waals surface area contributed by atoms with Gasteiger partial charge in [-0.1, -0.05) is 46.4 Å². The van der Waals surface area contributed by atoms with Crippen LogP contribution >= 0.6 is 46.4 Å². The molecule has 0 aliphatic carbocycles. The van der Waals surface area contributed by atoms with Crippen LogP contribution in [0.25, 0.3) is 0 Å². The van der Waals surface area contributed by atoms with Gasteiger partial charge in [-0.2, -0.15) is 0 Å². The molecule has 0 saturated heterocycles. The summed E-state index contributed by atoms with van der Waals surface area (Å²) in [5, 5.41) is 1.41. The van der Waals surface area contributed by atoms with Crippen LogP contribution in [0.15, 0.2) is 36.4 Å². The normalized spacial score (nSPS) is 11.4. The number of halogens is 4. The quantitative estimate of drug-likeness (QED) is 0.642. The molecule has 0 saturated carbocycles. The number of nitrogens with one attached hydrogen (secondary N) is 2. The molecule has 2 aromatic carbocycles. The van der Waals surface area contributed by atoms with Gasteiger partial charge in [0.15, 0.2) is 12.7 Å². The fourth-order valence-electron chi connectivity index (χ4n) is 1.82. The van der Waals surface area contributed by atoms with E-state index in [0.29, 0.717) is 10.0 Å². The van der Waals surface area contributed by atoms with E-state index in [-0.39, 0.29) is 28.2 Å². The van der Waals surface area contributed by atoms with Crippen molar-refractivity contribution >= 4 is 58.2 Å². The van der Waals surface area contributed by atoms with Gasteiger partial charge in [0.25, 0.3) is 11.8 Å². The van der Waals surface area contributed by atoms with Crippen molar-refractivity contribution in [2.24, 2.45) is 0 Å². The van der Waals surface area contributed by atoms with Crippen LogP contribution in [-0.4, -0.2) is 24.5 Å². The molecule has 2 N–H and O–H groups in total. The maximum atomic E-state index is 12.0. The van der Waals surface area contributed by atoms with E-state index in [0.717, 1.165) is 0 Å². The van der Waals surface area contributed by atoms with Gasteiger partial charge < -0.3 is 9.47 Å². The lowest BCUT2D eigenvalue weighted by molar-refractivity contribution is -0.133. The van der Waals surface area contributed by atoms with E-state index in [4.69, 9.17) is 55.9 Å². The first-order valence-electron chi connectivity index (χ1n) is 7.54. The van der Waals surface area contributed by atoms with E-state index in [1.165, 1.54) is 31.2 Å². The summed E-state index contributed by atoms with van der Waals surface area (Å²) in [7, 11) is 0. The minimum atomic E-state index is -0.921. The Kier molecular flexibility index (Phi) is 7.86. The van der Waals surface area contributed by atoms with Gasteiger partial charge in [-0.15, -0.1) is 0 Å². The van der Waals surface area contributed by atoms with E-state index in [2.05, 4.69) is 10.9 Å². The maximum absolute atomic E-state index is 12.0. The lowest BCUT2D eigenvalue weighted by atomic mass is 10.3. The fourth-order valence-corrected chi connectivity index (χ4v) is 2.74. The van der Waals surface area contributed by atoms with Gasteiger partial charge in [-0.25, -0.2) is 0 Å². The Morgan fingerprint density at radius 2 is 1.48 bits per heavy atom. The molecule has 0 spiro atoms. The van der Waals surface area contributed by atoms with Crippen molar-refractivity contribution < 1.29 is 19.1 Å². The van der Waals surface area contributed by atoms with E-state index in [1.807, 2.05) is 0 Å². The molecule has 0 aliphatic heterocycles. The van der Waals surface area contributed by atoms with Crippen LogP contribution in [0.1, 0.15) is 6.92 Å². The minimum Gasteiger partial charge on any atom is -0.482 e. The third-order valence-electron chi connectivity index (χ3n) is 3.14. The molecular formula is C17H14Cl4N2O4. The molecule has 0 aliphatic rings. The first-order chi connectivity index (χ1) is 12.8. The number of amides is 2. The fraction of sp³-hybridized carbons (Fsp3) is 0.176. The summed E-state index contributed by atoms with van der Waals surface area (Å²) >= 11 is 23.5. The number of rotatable bonds is 6. The molecule has 0 heterocycles. The first kappa shape index (κ1) is 21.4. The molecule has 0 unspecified atom stereocenters. The zero-order valence-corrected chi connectivity index (χ0v) is 16.9. The Morgan fingerprint density at radius 3 is 2.04 bits per heavy atom. The number of hydrogen-bond donors (Lipinski definition) is 2. The van der Waals surface area contributed by atoms with Crippen molar-refractivity contribution in [3.8, 4) is 11.5 Å². The zero-order valence-electron chi connectivity index (χ0n) is 13.9. The van der Waals surface area contributed by atoms with Crippen LogP contribution in [-0.2, 0) is 9.59 Å². The molecule has 0 aromatic heterocycles. The molecular weight excluding hydrogens is 438 g/mol. The van der Waals surface area contributed by atoms with Crippen molar-refractivity contribution in [2.75, 3.05) is 6.61 Å². The average molecular weight is 452 g/mol. The Hall–Kier alpha value is -1.86. The van der Waals surface area contributed by atoms with E-state index in [1.54, 1.807) is 12.1 Å². The number of carbonyl (C=O) groups is 2. The van der Waals surface area contributed by atoms with Crippen molar-refractivity contribution in [1.82, 2.24) is 10.9 Å². The van der Waals surface area contributed by atoms with E-state index < -0.39 is 17.9 Å². The summed E-state index contributed by atoms with van der Waals surface area (Å²) in [5.74, 6) is -0.600. The number of hydrogen-bond acceptors (Lipinski definition) is 4. The number of hydrazine groups is 1. The van der Waals surface area contributed by atoms with Crippen LogP contribution < -0.4 is 20.3 Å². The second-order valence-corrected chi connectivity index (χ2v) is 6.92. The average Bonchev–Trinajstić information content (AvgIpc) is 2.61. The summed E-state index contributed by atoms with van der Waals surface area (Å²) in [6.45, 7) is 1.14. The van der Waals surface area contributed by atoms with Crippen LogP contribution in [0.3, 0.4) is 0 Å². The van der Waals surface area contributed by atoms with E-state index in [9.17, 15) is 9.59 Å². The number of benzene rings is 2.